The highest BCUT2D eigenvalue weighted by Crippen LogP contribution is 2.26. The number of hydrogen-bond donors (Lipinski definition) is 0. The molecule has 0 aliphatic rings. The molecule has 0 unspecified atom stereocenters. The Morgan fingerprint density at radius 3 is 2.76 bits per heavy atom. The summed E-state index contributed by atoms with van der Waals surface area (Å²) in [6, 6.07) is 13.0. The van der Waals surface area contributed by atoms with Gasteiger partial charge in [-0.05, 0) is 13.0 Å². The largest absolute Gasteiger partial charge is 0.461 e. The van der Waals surface area contributed by atoms with Crippen LogP contribution in [0.5, 0.6) is 0 Å². The van der Waals surface area contributed by atoms with Crippen molar-refractivity contribution in [3.63, 3.8) is 0 Å². The molecule has 2 heterocycles. The molecule has 3 aromatic rings. The quantitative estimate of drug-likeness (QED) is 0.690. The Hall–Kier alpha value is -2.33. The summed E-state index contributed by atoms with van der Waals surface area (Å²) in [5.74, 6) is -0.397. The van der Waals surface area contributed by atoms with Gasteiger partial charge in [-0.1, -0.05) is 41.9 Å². The maximum absolute atomic E-state index is 12.3. The smallest absolute Gasteiger partial charge is 0.357 e. The third-order valence-electron chi connectivity index (χ3n) is 3.10. The molecule has 0 saturated carbocycles. The van der Waals surface area contributed by atoms with E-state index in [9.17, 15) is 4.79 Å². The van der Waals surface area contributed by atoms with Gasteiger partial charge in [0.25, 0.3) is 0 Å². The number of rotatable bonds is 3. The maximum atomic E-state index is 12.3. The van der Waals surface area contributed by atoms with Gasteiger partial charge in [0, 0.05) is 22.8 Å². The molecule has 0 bridgehead atoms. The summed E-state index contributed by atoms with van der Waals surface area (Å²) < 4.78 is 6.85. The van der Waals surface area contributed by atoms with Crippen molar-refractivity contribution in [2.24, 2.45) is 0 Å². The second-order valence-electron chi connectivity index (χ2n) is 4.47. The zero-order valence-corrected chi connectivity index (χ0v) is 12.2. The van der Waals surface area contributed by atoms with Gasteiger partial charge in [-0.25, -0.2) is 9.78 Å². The molecular weight excluding hydrogens is 288 g/mol. The zero-order chi connectivity index (χ0) is 14.8. The second-order valence-corrected chi connectivity index (χ2v) is 4.91. The molecule has 2 aromatic heterocycles. The van der Waals surface area contributed by atoms with Crippen molar-refractivity contribution < 1.29 is 9.53 Å². The highest BCUT2D eigenvalue weighted by atomic mass is 35.5. The van der Waals surface area contributed by atoms with Crippen LogP contribution >= 0.6 is 11.6 Å². The van der Waals surface area contributed by atoms with E-state index in [2.05, 4.69) is 4.98 Å². The van der Waals surface area contributed by atoms with Crippen molar-refractivity contribution in [1.29, 1.82) is 0 Å². The number of carbonyl (C=O) groups excluding carboxylic acids is 1. The fourth-order valence-electron chi connectivity index (χ4n) is 2.21. The minimum Gasteiger partial charge on any atom is -0.461 e. The lowest BCUT2D eigenvalue weighted by molar-refractivity contribution is 0.0519. The van der Waals surface area contributed by atoms with Gasteiger partial charge in [0.05, 0.1) is 6.61 Å². The predicted octanol–water partition coefficient (Wildman–Crippen LogP) is 3.83. The average molecular weight is 301 g/mol. The topological polar surface area (TPSA) is 43.6 Å². The number of esters is 1. The van der Waals surface area contributed by atoms with Crippen LogP contribution < -0.4 is 0 Å². The van der Waals surface area contributed by atoms with Gasteiger partial charge < -0.3 is 4.74 Å². The Labute approximate surface area is 126 Å². The third kappa shape index (κ3) is 2.50. The van der Waals surface area contributed by atoms with Crippen molar-refractivity contribution >= 4 is 23.2 Å². The number of benzene rings is 1. The standard InChI is InChI=1S/C16H13ClN2O2/c1-2-21-16(20)15-14(11-6-4-3-5-7-11)18-13-10-12(17)8-9-19(13)15/h3-10H,2H2,1H3. The number of aromatic nitrogens is 2. The van der Waals surface area contributed by atoms with Crippen LogP contribution in [-0.4, -0.2) is 22.0 Å². The molecule has 106 valence electrons. The van der Waals surface area contributed by atoms with Gasteiger partial charge in [-0.15, -0.1) is 0 Å². The molecule has 0 saturated heterocycles. The van der Waals surface area contributed by atoms with E-state index in [0.29, 0.717) is 28.7 Å². The van der Waals surface area contributed by atoms with Crippen LogP contribution in [0.15, 0.2) is 48.7 Å². The molecule has 0 spiro atoms. The molecule has 0 amide bonds. The van der Waals surface area contributed by atoms with Gasteiger partial charge in [0.2, 0.25) is 0 Å². The van der Waals surface area contributed by atoms with E-state index in [1.807, 2.05) is 30.3 Å². The number of pyridine rings is 1. The maximum Gasteiger partial charge on any atom is 0.357 e. The van der Waals surface area contributed by atoms with E-state index < -0.39 is 5.97 Å². The molecular formula is C16H13ClN2O2. The Morgan fingerprint density at radius 2 is 2.05 bits per heavy atom. The van der Waals surface area contributed by atoms with Crippen molar-refractivity contribution in [1.82, 2.24) is 9.38 Å². The van der Waals surface area contributed by atoms with Crippen molar-refractivity contribution in [3.8, 4) is 11.3 Å². The lowest BCUT2D eigenvalue weighted by atomic mass is 10.1. The summed E-state index contributed by atoms with van der Waals surface area (Å²) in [5, 5.41) is 0.572. The van der Waals surface area contributed by atoms with E-state index in [4.69, 9.17) is 16.3 Å². The molecule has 0 radical (unpaired) electrons. The van der Waals surface area contributed by atoms with Crippen LogP contribution in [0.25, 0.3) is 16.9 Å². The Bertz CT molecular complexity index is 797. The summed E-state index contributed by atoms with van der Waals surface area (Å²) in [5.41, 5.74) is 2.48. The number of imidazole rings is 1. The van der Waals surface area contributed by atoms with Crippen molar-refractivity contribution in [2.45, 2.75) is 6.92 Å². The zero-order valence-electron chi connectivity index (χ0n) is 11.4. The van der Waals surface area contributed by atoms with Crippen LogP contribution in [0.3, 0.4) is 0 Å². The number of ether oxygens (including phenoxy) is 1. The molecule has 0 aliphatic heterocycles. The van der Waals surface area contributed by atoms with Gasteiger partial charge in [0.1, 0.15) is 11.3 Å². The molecule has 5 heteroatoms. The Kier molecular flexibility index (Phi) is 3.62. The monoisotopic (exact) mass is 300 g/mol. The lowest BCUT2D eigenvalue weighted by Gasteiger charge is -2.04. The van der Waals surface area contributed by atoms with E-state index in [-0.39, 0.29) is 0 Å². The highest BCUT2D eigenvalue weighted by molar-refractivity contribution is 6.30. The third-order valence-corrected chi connectivity index (χ3v) is 3.34. The first-order valence-corrected chi connectivity index (χ1v) is 6.98. The van der Waals surface area contributed by atoms with E-state index >= 15 is 0 Å². The average Bonchev–Trinajstić information content (AvgIpc) is 2.87. The summed E-state index contributed by atoms with van der Waals surface area (Å²) in [6.45, 7) is 2.09. The first-order chi connectivity index (χ1) is 10.2. The van der Waals surface area contributed by atoms with Crippen LogP contribution in [0.4, 0.5) is 0 Å². The molecule has 0 N–H and O–H groups in total. The summed E-state index contributed by atoms with van der Waals surface area (Å²) in [4.78, 5) is 16.8. The molecule has 21 heavy (non-hydrogen) atoms. The molecule has 3 rings (SSSR count). The SMILES string of the molecule is CCOC(=O)c1c(-c2ccccc2)nc2cc(Cl)ccn12. The van der Waals surface area contributed by atoms with E-state index in [0.717, 1.165) is 5.56 Å². The Morgan fingerprint density at radius 1 is 1.29 bits per heavy atom. The van der Waals surface area contributed by atoms with E-state index in [1.165, 1.54) is 0 Å². The second kappa shape index (κ2) is 5.58. The number of fused-ring (bicyclic) bond motifs is 1. The molecule has 1 aromatic carbocycles. The van der Waals surface area contributed by atoms with Crippen molar-refractivity contribution in [3.05, 3.63) is 59.4 Å². The van der Waals surface area contributed by atoms with Gasteiger partial charge in [-0.2, -0.15) is 0 Å². The molecule has 0 aliphatic carbocycles. The van der Waals surface area contributed by atoms with Crippen LogP contribution in [0.2, 0.25) is 5.02 Å². The highest BCUT2D eigenvalue weighted by Gasteiger charge is 2.21. The number of nitrogens with zero attached hydrogens (tertiary/aromatic N) is 2. The minimum atomic E-state index is -0.397. The van der Waals surface area contributed by atoms with Crippen LogP contribution in [-0.2, 0) is 4.74 Å². The first-order valence-electron chi connectivity index (χ1n) is 6.61. The summed E-state index contributed by atoms with van der Waals surface area (Å²) in [6.07, 6.45) is 1.73. The number of halogens is 1. The van der Waals surface area contributed by atoms with Crippen LogP contribution in [0.1, 0.15) is 17.4 Å². The number of carbonyl (C=O) groups is 1. The predicted molar refractivity (Wildman–Crippen MR) is 81.6 cm³/mol. The normalized spacial score (nSPS) is 10.8. The van der Waals surface area contributed by atoms with E-state index in [1.54, 1.807) is 29.7 Å². The van der Waals surface area contributed by atoms with Crippen LogP contribution in [0, 0.1) is 0 Å². The molecule has 4 nitrogen and oxygen atoms in total. The van der Waals surface area contributed by atoms with Gasteiger partial charge in [0.15, 0.2) is 5.69 Å². The van der Waals surface area contributed by atoms with Gasteiger partial charge in [-0.3, -0.25) is 4.40 Å². The molecule has 0 atom stereocenters. The number of hydrogen-bond acceptors (Lipinski definition) is 3. The molecule has 0 fully saturated rings. The minimum absolute atomic E-state index is 0.313. The first kappa shape index (κ1) is 13.6. The lowest BCUT2D eigenvalue weighted by Crippen LogP contribution is -2.09. The fraction of sp³-hybridized carbons (Fsp3) is 0.125. The van der Waals surface area contributed by atoms with Gasteiger partial charge >= 0.3 is 5.97 Å². The summed E-state index contributed by atoms with van der Waals surface area (Å²) in [7, 11) is 0. The summed E-state index contributed by atoms with van der Waals surface area (Å²) >= 11 is 6.00. The fourth-order valence-corrected chi connectivity index (χ4v) is 2.37. The van der Waals surface area contributed by atoms with Crippen molar-refractivity contribution in [2.75, 3.05) is 6.61 Å². The Balaban J connectivity index is 2.27.